The van der Waals surface area contributed by atoms with Crippen LogP contribution in [0.15, 0.2) is 34.9 Å². The minimum atomic E-state index is -2.10. The molecule has 3 heterocycles. The van der Waals surface area contributed by atoms with Gasteiger partial charge in [-0.3, -0.25) is 0 Å². The Morgan fingerprint density at radius 1 is 0.692 bits per heavy atom. The molecule has 3 saturated heterocycles. The van der Waals surface area contributed by atoms with Crippen LogP contribution in [-0.4, -0.2) is 205 Å². The fourth-order valence-corrected chi connectivity index (χ4v) is 15.9. The molecule has 0 aromatic heterocycles. The zero-order valence-electron chi connectivity index (χ0n) is 46.5. The number of carbonyl (C=O) groups excluding carboxylic acids is 2. The number of fused-ring (bicyclic) bond motifs is 7. The predicted molar refractivity (Wildman–Crippen MR) is 271 cm³/mol. The van der Waals surface area contributed by atoms with Crippen molar-refractivity contribution in [3.05, 3.63) is 34.9 Å². The van der Waals surface area contributed by atoms with Crippen LogP contribution in [0.5, 0.6) is 0 Å². The minimum absolute atomic E-state index is 0.0628. The summed E-state index contributed by atoms with van der Waals surface area (Å²) in [7, 11) is 0. The average molecular weight is 1110 g/mol. The summed E-state index contributed by atoms with van der Waals surface area (Å²) in [6, 6.07) is 0. The lowest BCUT2D eigenvalue weighted by atomic mass is 9.33. The summed E-state index contributed by atoms with van der Waals surface area (Å²) in [5.41, 5.74) is -3.39. The van der Waals surface area contributed by atoms with E-state index in [1.165, 1.54) is 0 Å². The first-order valence-electron chi connectivity index (χ1n) is 27.6. The number of carbonyl (C=O) groups is 3. The third-order valence-electron chi connectivity index (χ3n) is 21.0. The predicted octanol–water partition coefficient (Wildman–Crippen LogP) is 0.903. The number of esters is 2. The Morgan fingerprint density at radius 3 is 1.88 bits per heavy atom. The molecule has 22 nitrogen and oxygen atoms in total. The molecular weight excluding hydrogens is 1020 g/mol. The van der Waals surface area contributed by atoms with Crippen molar-refractivity contribution in [2.24, 2.45) is 50.2 Å². The number of carboxylic acid groups (broad SMARTS) is 1. The number of rotatable bonds is 14. The van der Waals surface area contributed by atoms with Crippen LogP contribution in [0, 0.1) is 50.2 Å². The smallest absolute Gasteiger partial charge is 0.335 e. The molecular formula is C56H86O22. The maximum absolute atomic E-state index is 13.8. The Morgan fingerprint density at radius 2 is 1.31 bits per heavy atom. The van der Waals surface area contributed by atoms with E-state index in [4.69, 9.17) is 37.9 Å². The van der Waals surface area contributed by atoms with E-state index in [0.717, 1.165) is 5.57 Å². The van der Waals surface area contributed by atoms with Gasteiger partial charge >= 0.3 is 17.9 Å². The van der Waals surface area contributed by atoms with E-state index in [-0.39, 0.29) is 24.7 Å². The Balaban J connectivity index is 1.13. The normalized spacial score (nSPS) is 49.3. The van der Waals surface area contributed by atoms with Crippen LogP contribution in [0.3, 0.4) is 0 Å². The van der Waals surface area contributed by atoms with Gasteiger partial charge in [-0.25, -0.2) is 14.4 Å². The van der Waals surface area contributed by atoms with Gasteiger partial charge in [0.15, 0.2) is 31.1 Å². The summed E-state index contributed by atoms with van der Waals surface area (Å²) in [4.78, 5) is 40.2. The van der Waals surface area contributed by atoms with E-state index in [2.05, 4.69) is 26.8 Å². The number of carboxylic acids is 1. The van der Waals surface area contributed by atoms with Gasteiger partial charge in [0.05, 0.1) is 44.1 Å². The molecule has 5 aliphatic carbocycles. The van der Waals surface area contributed by atoms with E-state index < -0.39 is 187 Å². The van der Waals surface area contributed by atoms with Gasteiger partial charge in [0.1, 0.15) is 61.0 Å². The van der Waals surface area contributed by atoms with Crippen LogP contribution in [0.2, 0.25) is 0 Å². The summed E-state index contributed by atoms with van der Waals surface area (Å²) < 4.78 is 48.9. The van der Waals surface area contributed by atoms with Crippen LogP contribution >= 0.6 is 0 Å². The molecule has 22 heteroatoms. The molecule has 0 bridgehead atoms. The first kappa shape index (κ1) is 61.1. The zero-order valence-corrected chi connectivity index (χ0v) is 46.5. The second kappa shape index (κ2) is 22.3. The quantitative estimate of drug-likeness (QED) is 0.0498. The monoisotopic (exact) mass is 1110 g/mol. The van der Waals surface area contributed by atoms with Crippen molar-refractivity contribution >= 4 is 17.9 Å². The summed E-state index contributed by atoms with van der Waals surface area (Å²) in [5, 5.41) is 122. The molecule has 0 spiro atoms. The summed E-state index contributed by atoms with van der Waals surface area (Å²) in [6.45, 7) is 16.9. The van der Waals surface area contributed by atoms with Crippen molar-refractivity contribution in [3.63, 3.8) is 0 Å². The molecule has 11 N–H and O–H groups in total. The van der Waals surface area contributed by atoms with Crippen LogP contribution < -0.4 is 0 Å². The van der Waals surface area contributed by atoms with Crippen molar-refractivity contribution in [1.82, 2.24) is 0 Å². The van der Waals surface area contributed by atoms with Gasteiger partial charge in [-0.2, -0.15) is 0 Å². The Kier molecular flexibility index (Phi) is 17.4. The number of aliphatic hydroxyl groups excluding tert-OH is 10. The number of hydrogen-bond donors (Lipinski definition) is 11. The lowest BCUT2D eigenvalue weighted by Crippen LogP contribution is -2.72. The van der Waals surface area contributed by atoms with Crippen molar-refractivity contribution in [2.45, 2.75) is 219 Å². The van der Waals surface area contributed by atoms with Crippen molar-refractivity contribution < 1.29 is 108 Å². The van der Waals surface area contributed by atoms with Crippen LogP contribution in [-0.2, 0) is 52.3 Å². The van der Waals surface area contributed by atoms with Crippen LogP contribution in [0.25, 0.3) is 0 Å². The van der Waals surface area contributed by atoms with Crippen molar-refractivity contribution in [2.75, 3.05) is 26.4 Å². The highest BCUT2D eigenvalue weighted by atomic mass is 16.8. The maximum atomic E-state index is 13.8. The summed E-state index contributed by atoms with van der Waals surface area (Å²) >= 11 is 0. The Bertz CT molecular complexity index is 2320. The molecule has 7 fully saturated rings. The van der Waals surface area contributed by atoms with Gasteiger partial charge in [-0.15, -0.1) is 0 Å². The van der Waals surface area contributed by atoms with E-state index in [0.29, 0.717) is 43.3 Å². The SMILES string of the molecule is C/C=C(/C)C(=O)O[C@@H]1[C@H](OC(=O)/C(C)=C\C)C(C)(C)C[C@@H]2C3=CC[C@@H]4[C@@]5(C)CC[C@@H](O[C@H]6O[C@H](C(=O)O)[C@@H](O)[C@@H](O[C@@H]7O[C@@H](CO)[C@H](O)[C@@H]7O)[C@@H]6O[C@@H]6OC[C@@H](O)[C@H](O)[C@@H]6O)[C@](C)(CO)[C@@H]5CC[C@@]4(C)[C@]3(C)C[C@@H](O)[C@]21CO. The third-order valence-corrected chi connectivity index (χ3v) is 21.0. The Hall–Kier alpha value is -3.01. The highest BCUT2D eigenvalue weighted by molar-refractivity contribution is 5.89. The van der Waals surface area contributed by atoms with Crippen LogP contribution in [0.1, 0.15) is 114 Å². The molecule has 8 aliphatic rings. The van der Waals surface area contributed by atoms with Gasteiger partial charge < -0.3 is 94.1 Å². The van der Waals surface area contributed by atoms with Gasteiger partial charge in [-0.1, -0.05) is 65.3 Å². The third kappa shape index (κ3) is 9.65. The first-order chi connectivity index (χ1) is 36.5. The van der Waals surface area contributed by atoms with Gasteiger partial charge in [0.2, 0.25) is 0 Å². The van der Waals surface area contributed by atoms with Gasteiger partial charge in [0, 0.05) is 22.0 Å². The maximum Gasteiger partial charge on any atom is 0.335 e. The molecule has 442 valence electrons. The summed E-state index contributed by atoms with van der Waals surface area (Å²) in [6.07, 6.45) is -18.9. The van der Waals surface area contributed by atoms with E-state index in [1.54, 1.807) is 39.8 Å². The number of aliphatic carboxylic acids is 1. The van der Waals surface area contributed by atoms with E-state index in [9.17, 15) is 70.6 Å². The number of allylic oxidation sites excluding steroid dienone is 4. The molecule has 0 radical (unpaired) electrons. The highest BCUT2D eigenvalue weighted by Gasteiger charge is 2.74. The van der Waals surface area contributed by atoms with Gasteiger partial charge in [-0.05, 0) is 107 Å². The highest BCUT2D eigenvalue weighted by Crippen LogP contribution is 2.76. The molecule has 3 aliphatic heterocycles. The molecule has 78 heavy (non-hydrogen) atoms. The number of hydrogen-bond acceptors (Lipinski definition) is 21. The fraction of sp³-hybridized carbons (Fsp3) is 0.839. The Labute approximate surface area is 455 Å². The topological polar surface area (TPSA) is 348 Å². The minimum Gasteiger partial charge on any atom is -0.479 e. The largest absolute Gasteiger partial charge is 0.479 e. The van der Waals surface area contributed by atoms with E-state index >= 15 is 0 Å². The van der Waals surface area contributed by atoms with Gasteiger partial charge in [0.25, 0.3) is 0 Å². The number of ether oxygens (including phenoxy) is 8. The fourth-order valence-electron chi connectivity index (χ4n) is 15.9. The molecule has 0 amide bonds. The van der Waals surface area contributed by atoms with Crippen LogP contribution in [0.4, 0.5) is 0 Å². The first-order valence-corrected chi connectivity index (χ1v) is 27.6. The van der Waals surface area contributed by atoms with Crippen molar-refractivity contribution in [3.8, 4) is 0 Å². The molecule has 8 rings (SSSR count). The molecule has 4 saturated carbocycles. The summed E-state index contributed by atoms with van der Waals surface area (Å²) in [5.74, 6) is -3.75. The zero-order chi connectivity index (χ0) is 57.6. The molecule has 0 aromatic carbocycles. The lowest BCUT2D eigenvalue weighted by Gasteiger charge is -2.72. The molecule has 0 aromatic rings. The average Bonchev–Trinajstić information content (AvgIpc) is 1.73. The molecule has 0 unspecified atom stereocenters. The number of aliphatic hydroxyl groups is 10. The van der Waals surface area contributed by atoms with Crippen molar-refractivity contribution in [1.29, 1.82) is 0 Å². The second-order valence-corrected chi connectivity index (χ2v) is 25.4. The lowest BCUT2D eigenvalue weighted by molar-refractivity contribution is -0.381. The molecule has 25 atom stereocenters. The second-order valence-electron chi connectivity index (χ2n) is 25.4. The van der Waals surface area contributed by atoms with E-state index in [1.807, 2.05) is 20.8 Å². The standard InChI is InChI=1S/C56H86O22/c1-11-25(3)46(69)77-43-44(78-47(70)26(4)12-2)56(24-59)28(19-51(43,5)6)27-13-14-32-52(7)17-16-34(53(8,23-58)31(52)15-18-54(32,9)55(27,10)20-33(56)61)73-50-42(76-48-37(64)35(62)29(60)22-71-48)40(39(66)41(75-50)45(67)68)74-49-38(65)36(63)30(21-57)72-49/h11-13,28-44,48-50,57-66H,14-24H2,1-10H3,(H,67,68)/b25-11-,26-12-/t28-,29-,30+,31-,32-,33-,34-,35+,36+,37+,38+,39+,40-,41+,42+,43+,44-,48+,49+,50+,52+,53-,54-,55-,56+/m1/s1.